The molecule has 100 valence electrons. The van der Waals surface area contributed by atoms with Crippen LogP contribution in [0.5, 0.6) is 0 Å². The predicted molar refractivity (Wildman–Crippen MR) is 73.2 cm³/mol. The van der Waals surface area contributed by atoms with E-state index in [-0.39, 0.29) is 8.55 Å². The fraction of sp³-hybridized carbons (Fsp3) is 0. The predicted octanol–water partition coefficient (Wildman–Crippen LogP) is 3.11. The maximum absolute atomic E-state index is 12.0. The molecule has 1 aromatic heterocycles. The summed E-state index contributed by atoms with van der Waals surface area (Å²) in [5.41, 5.74) is -0.0465. The van der Waals surface area contributed by atoms with Crippen LogP contribution in [0.4, 0.5) is 11.4 Å². The van der Waals surface area contributed by atoms with Gasteiger partial charge in [-0.3, -0.25) is 14.8 Å². The first-order valence-electron chi connectivity index (χ1n) is 4.92. The van der Waals surface area contributed by atoms with Crippen LogP contribution in [0.25, 0.3) is 0 Å². The van der Waals surface area contributed by atoms with Crippen molar-refractivity contribution in [2.45, 2.75) is 4.21 Å². The smallest absolute Gasteiger partial charge is 0.279 e. The van der Waals surface area contributed by atoms with E-state index in [0.29, 0.717) is 17.0 Å². The number of hydrogen-bond donors (Lipinski definition) is 1. The van der Waals surface area contributed by atoms with Crippen LogP contribution in [0.3, 0.4) is 0 Å². The zero-order valence-corrected chi connectivity index (χ0v) is 11.6. The number of para-hydroxylation sites is 1. The van der Waals surface area contributed by atoms with E-state index in [2.05, 4.69) is 4.72 Å². The quantitative estimate of drug-likeness (QED) is 0.692. The van der Waals surface area contributed by atoms with Crippen molar-refractivity contribution in [3.8, 4) is 0 Å². The fourth-order valence-electron chi connectivity index (χ4n) is 1.31. The summed E-state index contributed by atoms with van der Waals surface area (Å²) in [5, 5.41) is 10.6. The van der Waals surface area contributed by atoms with Crippen LogP contribution < -0.4 is 4.72 Å². The number of rotatable bonds is 4. The second-order valence-electron chi connectivity index (χ2n) is 3.45. The molecule has 0 bridgehead atoms. The van der Waals surface area contributed by atoms with Crippen LogP contribution in [0, 0.1) is 10.1 Å². The molecular formula is C10H7ClN2O4S2. The molecule has 19 heavy (non-hydrogen) atoms. The summed E-state index contributed by atoms with van der Waals surface area (Å²) in [6, 6.07) is 9.16. The maximum atomic E-state index is 12.0. The molecule has 0 amide bonds. The maximum Gasteiger partial charge on any atom is 0.300 e. The summed E-state index contributed by atoms with van der Waals surface area (Å²) in [4.78, 5) is 9.91. The number of benzene rings is 1. The number of hydrogen-bond acceptors (Lipinski definition) is 5. The lowest BCUT2D eigenvalue weighted by Gasteiger charge is -2.04. The average Bonchev–Trinajstić information content (AvgIpc) is 2.73. The number of anilines is 1. The van der Waals surface area contributed by atoms with Gasteiger partial charge < -0.3 is 0 Å². The van der Waals surface area contributed by atoms with Crippen LogP contribution in [-0.4, -0.2) is 13.3 Å². The minimum absolute atomic E-state index is 0.168. The molecule has 0 spiro atoms. The van der Waals surface area contributed by atoms with Gasteiger partial charge in [0.25, 0.3) is 15.7 Å². The average molecular weight is 319 g/mol. The largest absolute Gasteiger partial charge is 0.300 e. The van der Waals surface area contributed by atoms with Gasteiger partial charge in [0.2, 0.25) is 0 Å². The molecule has 0 radical (unpaired) electrons. The van der Waals surface area contributed by atoms with Crippen molar-refractivity contribution in [3.05, 3.63) is 50.8 Å². The van der Waals surface area contributed by atoms with Gasteiger partial charge >= 0.3 is 0 Å². The van der Waals surface area contributed by atoms with Gasteiger partial charge in [-0.25, -0.2) is 8.42 Å². The van der Waals surface area contributed by atoms with E-state index in [1.165, 1.54) is 0 Å². The summed E-state index contributed by atoms with van der Waals surface area (Å²) >= 11 is 6.28. The van der Waals surface area contributed by atoms with E-state index in [1.54, 1.807) is 30.3 Å². The Bertz CT molecular complexity index is 712. The van der Waals surface area contributed by atoms with Crippen LogP contribution in [0.15, 0.2) is 40.6 Å². The van der Waals surface area contributed by atoms with Crippen molar-refractivity contribution < 1.29 is 13.3 Å². The fourth-order valence-corrected chi connectivity index (χ4v) is 4.03. The third-order valence-corrected chi connectivity index (χ3v) is 5.33. The number of sulfonamides is 1. The molecule has 2 aromatic rings. The third kappa shape index (κ3) is 3.03. The van der Waals surface area contributed by atoms with Crippen molar-refractivity contribution in [1.29, 1.82) is 0 Å². The molecule has 0 atom stereocenters. The SMILES string of the molecule is O=[N+]([O-])c1cc(S(=O)(=O)Nc2ccccc2)sc1Cl. The molecule has 1 N–H and O–H groups in total. The van der Waals surface area contributed by atoms with E-state index < -0.39 is 20.6 Å². The van der Waals surface area contributed by atoms with Crippen molar-refractivity contribution in [3.63, 3.8) is 0 Å². The second kappa shape index (κ2) is 5.16. The Kier molecular flexibility index (Phi) is 3.74. The highest BCUT2D eigenvalue weighted by Crippen LogP contribution is 2.36. The van der Waals surface area contributed by atoms with Crippen LogP contribution in [0.2, 0.25) is 4.34 Å². The Morgan fingerprint density at radius 1 is 1.26 bits per heavy atom. The first-order valence-corrected chi connectivity index (χ1v) is 7.59. The summed E-state index contributed by atoms with van der Waals surface area (Å²) in [5.74, 6) is 0. The Morgan fingerprint density at radius 2 is 1.89 bits per heavy atom. The van der Waals surface area contributed by atoms with Gasteiger partial charge in [-0.15, -0.1) is 11.3 Å². The van der Waals surface area contributed by atoms with Gasteiger partial charge in [0.05, 0.1) is 4.92 Å². The van der Waals surface area contributed by atoms with Gasteiger partial charge in [0.15, 0.2) is 4.34 Å². The highest BCUT2D eigenvalue weighted by molar-refractivity contribution is 7.94. The highest BCUT2D eigenvalue weighted by atomic mass is 35.5. The highest BCUT2D eigenvalue weighted by Gasteiger charge is 2.25. The van der Waals surface area contributed by atoms with E-state index >= 15 is 0 Å². The van der Waals surface area contributed by atoms with Crippen molar-refractivity contribution >= 4 is 44.3 Å². The van der Waals surface area contributed by atoms with Crippen LogP contribution >= 0.6 is 22.9 Å². The van der Waals surface area contributed by atoms with Gasteiger partial charge in [0, 0.05) is 11.8 Å². The lowest BCUT2D eigenvalue weighted by Crippen LogP contribution is -2.11. The van der Waals surface area contributed by atoms with Crippen molar-refractivity contribution in [2.75, 3.05) is 4.72 Å². The van der Waals surface area contributed by atoms with Crippen LogP contribution in [-0.2, 0) is 10.0 Å². The molecule has 0 unspecified atom stereocenters. The van der Waals surface area contributed by atoms with Crippen LogP contribution in [0.1, 0.15) is 0 Å². The second-order valence-corrected chi connectivity index (χ2v) is 7.02. The molecule has 0 saturated carbocycles. The first kappa shape index (κ1) is 13.8. The molecule has 1 heterocycles. The molecule has 6 nitrogen and oxygen atoms in total. The van der Waals surface area contributed by atoms with Gasteiger partial charge in [-0.1, -0.05) is 29.8 Å². The molecule has 0 saturated heterocycles. The molecule has 0 aliphatic carbocycles. The van der Waals surface area contributed by atoms with E-state index in [0.717, 1.165) is 6.07 Å². The van der Waals surface area contributed by atoms with E-state index in [9.17, 15) is 18.5 Å². The molecule has 2 rings (SSSR count). The number of nitro groups is 1. The monoisotopic (exact) mass is 318 g/mol. The molecule has 0 aliphatic heterocycles. The van der Waals surface area contributed by atoms with Gasteiger partial charge in [-0.2, -0.15) is 0 Å². The summed E-state index contributed by atoms with van der Waals surface area (Å²) in [6.45, 7) is 0. The number of nitrogens with zero attached hydrogens (tertiary/aromatic N) is 1. The lowest BCUT2D eigenvalue weighted by atomic mass is 10.3. The molecule has 1 aromatic carbocycles. The zero-order chi connectivity index (χ0) is 14.0. The Morgan fingerprint density at radius 3 is 2.42 bits per heavy atom. The minimum atomic E-state index is -3.87. The summed E-state index contributed by atoms with van der Waals surface area (Å²) < 4.78 is 26.0. The standard InChI is InChI=1S/C10H7ClN2O4S2/c11-10-8(13(14)15)6-9(18-10)19(16,17)12-7-4-2-1-3-5-7/h1-6,12H. The molecule has 9 heteroatoms. The first-order chi connectivity index (χ1) is 8.90. The summed E-state index contributed by atoms with van der Waals surface area (Å²) in [6.07, 6.45) is 0. The summed E-state index contributed by atoms with van der Waals surface area (Å²) in [7, 11) is -3.87. The van der Waals surface area contributed by atoms with E-state index in [1.807, 2.05) is 0 Å². The number of thiophene rings is 1. The molecular weight excluding hydrogens is 312 g/mol. The van der Waals surface area contributed by atoms with Gasteiger partial charge in [0.1, 0.15) is 4.21 Å². The molecule has 0 fully saturated rings. The van der Waals surface area contributed by atoms with Gasteiger partial charge in [-0.05, 0) is 12.1 Å². The lowest BCUT2D eigenvalue weighted by molar-refractivity contribution is -0.384. The Hall–Kier alpha value is -1.64. The number of nitrogens with one attached hydrogen (secondary N) is 1. The van der Waals surface area contributed by atoms with Crippen molar-refractivity contribution in [1.82, 2.24) is 0 Å². The van der Waals surface area contributed by atoms with E-state index in [4.69, 9.17) is 11.6 Å². The topological polar surface area (TPSA) is 89.3 Å². The van der Waals surface area contributed by atoms with Crippen molar-refractivity contribution in [2.24, 2.45) is 0 Å². The molecule has 0 aliphatic rings. The zero-order valence-electron chi connectivity index (χ0n) is 9.24. The number of halogens is 1. The Labute approximate surface area is 117 Å². The minimum Gasteiger partial charge on any atom is -0.279 e. The Balaban J connectivity index is 2.35. The normalized spacial score (nSPS) is 11.2. The third-order valence-electron chi connectivity index (χ3n) is 2.13.